The SMILES string of the molecule is COc1ccc(C)cc1C(O)CNCC1(C)CCCCC1. The molecule has 1 saturated carbocycles. The molecule has 0 saturated heterocycles. The van der Waals surface area contributed by atoms with Crippen molar-refractivity contribution >= 4 is 0 Å². The van der Waals surface area contributed by atoms with Crippen LogP contribution in [-0.4, -0.2) is 25.3 Å². The highest BCUT2D eigenvalue weighted by Gasteiger charge is 2.26. The second kappa shape index (κ2) is 7.28. The van der Waals surface area contributed by atoms with E-state index in [9.17, 15) is 5.11 Å². The molecule has 0 bridgehead atoms. The maximum atomic E-state index is 10.4. The summed E-state index contributed by atoms with van der Waals surface area (Å²) in [7, 11) is 1.65. The van der Waals surface area contributed by atoms with Gasteiger partial charge in [-0.3, -0.25) is 0 Å². The highest BCUT2D eigenvalue weighted by Crippen LogP contribution is 2.35. The zero-order valence-corrected chi connectivity index (χ0v) is 13.6. The van der Waals surface area contributed by atoms with Gasteiger partial charge < -0.3 is 15.2 Å². The molecule has 1 atom stereocenters. The van der Waals surface area contributed by atoms with E-state index in [0.717, 1.165) is 23.4 Å². The van der Waals surface area contributed by atoms with Gasteiger partial charge >= 0.3 is 0 Å². The monoisotopic (exact) mass is 291 g/mol. The first-order valence-electron chi connectivity index (χ1n) is 8.07. The number of aliphatic hydroxyl groups excluding tert-OH is 1. The van der Waals surface area contributed by atoms with Crippen molar-refractivity contribution in [3.05, 3.63) is 29.3 Å². The van der Waals surface area contributed by atoms with Crippen LogP contribution in [0.1, 0.15) is 56.3 Å². The molecule has 0 spiro atoms. The Morgan fingerprint density at radius 3 is 2.67 bits per heavy atom. The third-order valence-corrected chi connectivity index (χ3v) is 4.69. The highest BCUT2D eigenvalue weighted by molar-refractivity contribution is 5.38. The molecular formula is C18H29NO2. The second-order valence-electron chi connectivity index (χ2n) is 6.76. The predicted molar refractivity (Wildman–Crippen MR) is 86.8 cm³/mol. The Morgan fingerprint density at radius 1 is 1.29 bits per heavy atom. The van der Waals surface area contributed by atoms with Crippen LogP contribution in [0.2, 0.25) is 0 Å². The topological polar surface area (TPSA) is 41.5 Å². The average Bonchev–Trinajstić information content (AvgIpc) is 2.47. The van der Waals surface area contributed by atoms with E-state index in [1.54, 1.807) is 7.11 Å². The summed E-state index contributed by atoms with van der Waals surface area (Å²) in [6.45, 7) is 5.96. The molecule has 1 fully saturated rings. The van der Waals surface area contributed by atoms with Gasteiger partial charge in [-0.05, 0) is 37.3 Å². The van der Waals surface area contributed by atoms with Gasteiger partial charge in [0, 0.05) is 18.7 Å². The van der Waals surface area contributed by atoms with Crippen LogP contribution in [-0.2, 0) is 0 Å². The molecule has 1 aromatic carbocycles. The molecule has 0 aromatic heterocycles. The maximum absolute atomic E-state index is 10.4. The zero-order chi connectivity index (χ0) is 15.3. The van der Waals surface area contributed by atoms with Crippen LogP contribution >= 0.6 is 0 Å². The predicted octanol–water partition coefficient (Wildman–Crippen LogP) is 3.60. The summed E-state index contributed by atoms with van der Waals surface area (Å²) in [5.74, 6) is 0.763. The average molecular weight is 291 g/mol. The standard InChI is InChI=1S/C18H29NO2/c1-14-7-8-17(21-3)15(11-14)16(20)12-19-13-18(2)9-5-4-6-10-18/h7-8,11,16,19-20H,4-6,9-10,12-13H2,1-3H3. The molecule has 3 heteroatoms. The summed E-state index contributed by atoms with van der Waals surface area (Å²) in [6.07, 6.45) is 6.12. The fourth-order valence-electron chi connectivity index (χ4n) is 3.32. The van der Waals surface area contributed by atoms with Crippen LogP contribution < -0.4 is 10.1 Å². The third-order valence-electron chi connectivity index (χ3n) is 4.69. The van der Waals surface area contributed by atoms with E-state index in [0.29, 0.717) is 12.0 Å². The van der Waals surface area contributed by atoms with Gasteiger partial charge in [0.2, 0.25) is 0 Å². The number of nitrogens with one attached hydrogen (secondary N) is 1. The van der Waals surface area contributed by atoms with Gasteiger partial charge in [0.1, 0.15) is 5.75 Å². The van der Waals surface area contributed by atoms with E-state index in [4.69, 9.17) is 4.74 Å². The highest BCUT2D eigenvalue weighted by atomic mass is 16.5. The molecule has 21 heavy (non-hydrogen) atoms. The fourth-order valence-corrected chi connectivity index (χ4v) is 3.32. The van der Waals surface area contributed by atoms with Crippen molar-refractivity contribution in [3.63, 3.8) is 0 Å². The minimum absolute atomic E-state index is 0.397. The molecule has 1 aromatic rings. The van der Waals surface area contributed by atoms with Gasteiger partial charge in [0.05, 0.1) is 13.2 Å². The lowest BCUT2D eigenvalue weighted by molar-refractivity contribution is 0.152. The first-order valence-corrected chi connectivity index (χ1v) is 8.07. The van der Waals surface area contributed by atoms with E-state index in [2.05, 4.69) is 12.2 Å². The second-order valence-corrected chi connectivity index (χ2v) is 6.76. The first kappa shape index (κ1) is 16.3. The molecular weight excluding hydrogens is 262 g/mol. The lowest BCUT2D eigenvalue weighted by Crippen LogP contribution is -2.35. The molecule has 2 N–H and O–H groups in total. The number of benzene rings is 1. The Morgan fingerprint density at radius 2 is 2.00 bits per heavy atom. The van der Waals surface area contributed by atoms with Crippen LogP contribution in [0.5, 0.6) is 5.75 Å². The van der Waals surface area contributed by atoms with Crippen LogP contribution in [0.15, 0.2) is 18.2 Å². The minimum atomic E-state index is -0.521. The summed E-state index contributed by atoms with van der Waals surface area (Å²) < 4.78 is 5.35. The molecule has 3 nitrogen and oxygen atoms in total. The summed E-state index contributed by atoms with van der Waals surface area (Å²) >= 11 is 0. The Labute approximate surface area is 128 Å². The smallest absolute Gasteiger partial charge is 0.124 e. The molecule has 0 radical (unpaired) electrons. The van der Waals surface area contributed by atoms with Crippen LogP contribution in [0.25, 0.3) is 0 Å². The van der Waals surface area contributed by atoms with Crippen molar-refractivity contribution in [3.8, 4) is 5.75 Å². The molecule has 1 unspecified atom stereocenters. The van der Waals surface area contributed by atoms with Gasteiger partial charge in [0.25, 0.3) is 0 Å². The van der Waals surface area contributed by atoms with Crippen LogP contribution in [0, 0.1) is 12.3 Å². The summed E-state index contributed by atoms with van der Waals surface area (Å²) in [5.41, 5.74) is 2.41. The number of hydrogen-bond donors (Lipinski definition) is 2. The van der Waals surface area contributed by atoms with E-state index >= 15 is 0 Å². The normalized spacial score (nSPS) is 19.2. The van der Waals surface area contributed by atoms with Crippen molar-refractivity contribution in [2.24, 2.45) is 5.41 Å². The maximum Gasteiger partial charge on any atom is 0.124 e. The Bertz CT molecular complexity index is 453. The molecule has 0 amide bonds. The number of rotatable bonds is 6. The third kappa shape index (κ3) is 4.45. The van der Waals surface area contributed by atoms with Gasteiger partial charge in [-0.1, -0.05) is 37.8 Å². The van der Waals surface area contributed by atoms with Crippen LogP contribution in [0.4, 0.5) is 0 Å². The van der Waals surface area contributed by atoms with Gasteiger partial charge in [-0.25, -0.2) is 0 Å². The lowest BCUT2D eigenvalue weighted by atomic mass is 9.76. The van der Waals surface area contributed by atoms with E-state index in [1.165, 1.54) is 32.1 Å². The largest absolute Gasteiger partial charge is 0.496 e. The summed E-state index contributed by atoms with van der Waals surface area (Å²) in [5, 5.41) is 13.9. The Balaban J connectivity index is 1.89. The number of hydrogen-bond acceptors (Lipinski definition) is 3. The Kier molecular flexibility index (Phi) is 5.65. The van der Waals surface area contributed by atoms with E-state index in [-0.39, 0.29) is 0 Å². The fraction of sp³-hybridized carbons (Fsp3) is 0.667. The molecule has 118 valence electrons. The first-order chi connectivity index (χ1) is 10.0. The minimum Gasteiger partial charge on any atom is -0.496 e. The van der Waals surface area contributed by atoms with Crippen molar-refractivity contribution in [2.75, 3.05) is 20.2 Å². The molecule has 0 heterocycles. The van der Waals surface area contributed by atoms with Gasteiger partial charge in [-0.15, -0.1) is 0 Å². The van der Waals surface area contributed by atoms with Gasteiger partial charge in [0.15, 0.2) is 0 Å². The number of ether oxygens (including phenoxy) is 1. The molecule has 0 aliphatic heterocycles. The zero-order valence-electron chi connectivity index (χ0n) is 13.6. The number of aryl methyl sites for hydroxylation is 1. The molecule has 2 rings (SSSR count). The van der Waals surface area contributed by atoms with Crippen molar-refractivity contribution in [1.82, 2.24) is 5.32 Å². The molecule has 1 aliphatic carbocycles. The van der Waals surface area contributed by atoms with Crippen molar-refractivity contribution < 1.29 is 9.84 Å². The van der Waals surface area contributed by atoms with E-state index in [1.807, 2.05) is 25.1 Å². The quantitative estimate of drug-likeness (QED) is 0.841. The van der Waals surface area contributed by atoms with E-state index < -0.39 is 6.10 Å². The van der Waals surface area contributed by atoms with Gasteiger partial charge in [-0.2, -0.15) is 0 Å². The summed E-state index contributed by atoms with van der Waals surface area (Å²) in [6, 6.07) is 5.94. The van der Waals surface area contributed by atoms with Crippen molar-refractivity contribution in [2.45, 2.75) is 52.1 Å². The number of aliphatic hydroxyl groups is 1. The molecule has 1 aliphatic rings. The lowest BCUT2D eigenvalue weighted by Gasteiger charge is -2.34. The van der Waals surface area contributed by atoms with Crippen LogP contribution in [0.3, 0.4) is 0 Å². The number of methoxy groups -OCH3 is 1. The summed E-state index contributed by atoms with van der Waals surface area (Å²) in [4.78, 5) is 0. The Hall–Kier alpha value is -1.06. The van der Waals surface area contributed by atoms with Crippen molar-refractivity contribution in [1.29, 1.82) is 0 Å².